The summed E-state index contributed by atoms with van der Waals surface area (Å²) < 4.78 is 0. The Balaban J connectivity index is 2.15. The number of nitrogens with one attached hydrogen (secondary N) is 2. The second-order valence-electron chi connectivity index (χ2n) is 6.90. The number of hydrogen-bond donors (Lipinski definition) is 2. The molecule has 2 aliphatic rings. The van der Waals surface area contributed by atoms with Gasteiger partial charge in [0.2, 0.25) is 5.91 Å². The Morgan fingerprint density at radius 3 is 2.68 bits per heavy atom. The Labute approximate surface area is 117 Å². The van der Waals surface area contributed by atoms with Crippen LogP contribution < -0.4 is 10.6 Å². The van der Waals surface area contributed by atoms with E-state index in [1.165, 1.54) is 25.7 Å². The van der Waals surface area contributed by atoms with Crippen molar-refractivity contribution in [3.63, 3.8) is 0 Å². The van der Waals surface area contributed by atoms with Gasteiger partial charge in [0.15, 0.2) is 0 Å². The van der Waals surface area contributed by atoms with Gasteiger partial charge in [-0.2, -0.15) is 0 Å². The van der Waals surface area contributed by atoms with Crippen LogP contribution in [0.5, 0.6) is 0 Å². The van der Waals surface area contributed by atoms with Gasteiger partial charge in [-0.1, -0.05) is 26.7 Å². The lowest BCUT2D eigenvalue weighted by molar-refractivity contribution is -0.126. The van der Waals surface area contributed by atoms with Crippen LogP contribution >= 0.6 is 0 Å². The zero-order valence-electron chi connectivity index (χ0n) is 12.7. The molecular weight excluding hydrogens is 238 g/mol. The van der Waals surface area contributed by atoms with Crippen molar-refractivity contribution in [2.75, 3.05) is 26.7 Å². The quantitative estimate of drug-likeness (QED) is 0.808. The Bertz CT molecular complexity index is 311. The smallest absolute Gasteiger partial charge is 0.237 e. The first-order chi connectivity index (χ1) is 9.03. The van der Waals surface area contributed by atoms with Gasteiger partial charge in [-0.3, -0.25) is 9.69 Å². The molecule has 1 saturated carbocycles. The van der Waals surface area contributed by atoms with E-state index >= 15 is 0 Å². The summed E-state index contributed by atoms with van der Waals surface area (Å²) >= 11 is 0. The van der Waals surface area contributed by atoms with E-state index < -0.39 is 0 Å². The highest BCUT2D eigenvalue weighted by Gasteiger charge is 2.38. The molecule has 110 valence electrons. The number of hydrogen-bond acceptors (Lipinski definition) is 3. The molecule has 0 aromatic carbocycles. The van der Waals surface area contributed by atoms with Crippen molar-refractivity contribution < 1.29 is 4.79 Å². The molecule has 1 atom stereocenters. The SMILES string of the molecule is CNCCC1C(=O)NCC(C)(C)CN1C1CCCC1. The largest absolute Gasteiger partial charge is 0.354 e. The number of carbonyl (C=O) groups excluding carboxylic acids is 1. The highest BCUT2D eigenvalue weighted by molar-refractivity contribution is 5.82. The van der Waals surface area contributed by atoms with Crippen LogP contribution in [0, 0.1) is 5.41 Å². The molecule has 1 aliphatic heterocycles. The molecule has 4 nitrogen and oxygen atoms in total. The summed E-state index contributed by atoms with van der Waals surface area (Å²) in [6.07, 6.45) is 6.08. The Morgan fingerprint density at radius 2 is 2.05 bits per heavy atom. The van der Waals surface area contributed by atoms with E-state index in [1.807, 2.05) is 7.05 Å². The van der Waals surface area contributed by atoms with Crippen molar-refractivity contribution in [3.05, 3.63) is 0 Å². The van der Waals surface area contributed by atoms with Gasteiger partial charge in [-0.15, -0.1) is 0 Å². The minimum absolute atomic E-state index is 0.0531. The van der Waals surface area contributed by atoms with Crippen LogP contribution in [0.3, 0.4) is 0 Å². The number of nitrogens with zero attached hydrogens (tertiary/aromatic N) is 1. The molecule has 2 rings (SSSR count). The molecule has 19 heavy (non-hydrogen) atoms. The van der Waals surface area contributed by atoms with Crippen molar-refractivity contribution in [3.8, 4) is 0 Å². The van der Waals surface area contributed by atoms with Gasteiger partial charge < -0.3 is 10.6 Å². The maximum absolute atomic E-state index is 12.4. The molecule has 0 aromatic rings. The molecular formula is C15H29N3O. The fraction of sp³-hybridized carbons (Fsp3) is 0.933. The molecule has 4 heteroatoms. The molecule has 0 aromatic heterocycles. The number of rotatable bonds is 4. The summed E-state index contributed by atoms with van der Waals surface area (Å²) in [7, 11) is 1.96. The van der Waals surface area contributed by atoms with Crippen molar-refractivity contribution >= 4 is 5.91 Å². The van der Waals surface area contributed by atoms with Crippen molar-refractivity contribution in [1.29, 1.82) is 0 Å². The summed E-state index contributed by atoms with van der Waals surface area (Å²) in [4.78, 5) is 14.9. The molecule has 1 saturated heterocycles. The first kappa shape index (κ1) is 14.8. The van der Waals surface area contributed by atoms with Crippen LogP contribution in [0.4, 0.5) is 0 Å². The third-order valence-corrected chi connectivity index (χ3v) is 4.52. The summed E-state index contributed by atoms with van der Waals surface area (Å²) in [5, 5.41) is 6.32. The molecule has 0 spiro atoms. The maximum Gasteiger partial charge on any atom is 0.237 e. The van der Waals surface area contributed by atoms with E-state index in [4.69, 9.17) is 0 Å². The third kappa shape index (κ3) is 3.69. The van der Waals surface area contributed by atoms with Crippen LogP contribution in [-0.2, 0) is 4.79 Å². The topological polar surface area (TPSA) is 44.4 Å². The highest BCUT2D eigenvalue weighted by atomic mass is 16.2. The number of amides is 1. The molecule has 1 amide bonds. The van der Waals surface area contributed by atoms with Crippen LogP contribution in [0.2, 0.25) is 0 Å². The zero-order chi connectivity index (χ0) is 13.9. The van der Waals surface area contributed by atoms with Gasteiger partial charge in [0.1, 0.15) is 0 Å². The normalized spacial score (nSPS) is 29.2. The Morgan fingerprint density at radius 1 is 1.37 bits per heavy atom. The van der Waals surface area contributed by atoms with Gasteiger partial charge in [0.25, 0.3) is 0 Å². The lowest BCUT2D eigenvalue weighted by Gasteiger charge is -2.37. The van der Waals surface area contributed by atoms with E-state index in [0.717, 1.165) is 26.1 Å². The molecule has 1 aliphatic carbocycles. The zero-order valence-corrected chi connectivity index (χ0v) is 12.7. The maximum atomic E-state index is 12.4. The lowest BCUT2D eigenvalue weighted by atomic mass is 9.92. The standard InChI is InChI=1S/C15H29N3O/c1-15(2)10-17-14(19)13(8-9-16-3)18(11-15)12-6-4-5-7-12/h12-13,16H,4-11H2,1-3H3,(H,17,19). The minimum atomic E-state index is 0.0531. The van der Waals surface area contributed by atoms with E-state index in [0.29, 0.717) is 6.04 Å². The summed E-state index contributed by atoms with van der Waals surface area (Å²) in [6.45, 7) is 7.25. The van der Waals surface area contributed by atoms with Crippen molar-refractivity contribution in [2.45, 2.75) is 58.0 Å². The van der Waals surface area contributed by atoms with Crippen LogP contribution in [0.25, 0.3) is 0 Å². The second kappa shape index (κ2) is 6.23. The predicted octanol–water partition coefficient (Wildman–Crippen LogP) is 1.37. The first-order valence-corrected chi connectivity index (χ1v) is 7.71. The third-order valence-electron chi connectivity index (χ3n) is 4.52. The monoisotopic (exact) mass is 267 g/mol. The van der Waals surface area contributed by atoms with Gasteiger partial charge >= 0.3 is 0 Å². The second-order valence-corrected chi connectivity index (χ2v) is 6.90. The molecule has 1 heterocycles. The van der Waals surface area contributed by atoms with Crippen LogP contribution in [0.1, 0.15) is 46.0 Å². The highest BCUT2D eigenvalue weighted by Crippen LogP contribution is 2.31. The van der Waals surface area contributed by atoms with Crippen LogP contribution in [-0.4, -0.2) is 49.6 Å². The molecule has 2 N–H and O–H groups in total. The van der Waals surface area contributed by atoms with E-state index in [9.17, 15) is 4.79 Å². The first-order valence-electron chi connectivity index (χ1n) is 7.71. The molecule has 0 radical (unpaired) electrons. The van der Waals surface area contributed by atoms with Crippen LogP contribution in [0.15, 0.2) is 0 Å². The van der Waals surface area contributed by atoms with E-state index in [1.54, 1.807) is 0 Å². The summed E-state index contributed by atoms with van der Waals surface area (Å²) in [5.41, 5.74) is 0.173. The Hall–Kier alpha value is -0.610. The fourth-order valence-corrected chi connectivity index (χ4v) is 3.45. The van der Waals surface area contributed by atoms with Crippen molar-refractivity contribution in [2.24, 2.45) is 5.41 Å². The molecule has 1 unspecified atom stereocenters. The van der Waals surface area contributed by atoms with E-state index in [-0.39, 0.29) is 17.4 Å². The van der Waals surface area contributed by atoms with Crippen molar-refractivity contribution in [1.82, 2.24) is 15.5 Å². The fourth-order valence-electron chi connectivity index (χ4n) is 3.45. The average Bonchev–Trinajstić information content (AvgIpc) is 2.85. The summed E-state index contributed by atoms with van der Waals surface area (Å²) in [6, 6.07) is 0.669. The predicted molar refractivity (Wildman–Crippen MR) is 78.1 cm³/mol. The minimum Gasteiger partial charge on any atom is -0.354 e. The number of carbonyl (C=O) groups is 1. The Kier molecular flexibility index (Phi) is 4.85. The van der Waals surface area contributed by atoms with Gasteiger partial charge in [-0.25, -0.2) is 0 Å². The van der Waals surface area contributed by atoms with Gasteiger partial charge in [-0.05, 0) is 38.3 Å². The lowest BCUT2D eigenvalue weighted by Crippen LogP contribution is -2.50. The van der Waals surface area contributed by atoms with E-state index in [2.05, 4.69) is 29.4 Å². The average molecular weight is 267 g/mol. The molecule has 0 bridgehead atoms. The molecule has 2 fully saturated rings. The summed E-state index contributed by atoms with van der Waals surface area (Å²) in [5.74, 6) is 0.229. The van der Waals surface area contributed by atoms with Gasteiger partial charge in [0.05, 0.1) is 6.04 Å². The van der Waals surface area contributed by atoms with Gasteiger partial charge in [0, 0.05) is 19.1 Å².